The Morgan fingerprint density at radius 2 is 2.29 bits per heavy atom. The molecule has 17 heavy (non-hydrogen) atoms. The maximum Gasteiger partial charge on any atom is 0.311 e. The van der Waals surface area contributed by atoms with Crippen LogP contribution in [-0.4, -0.2) is 24.7 Å². The molecule has 0 aliphatic rings. The zero-order chi connectivity index (χ0) is 12.9. The molecule has 0 bridgehead atoms. The minimum absolute atomic E-state index is 0.0955. The molecule has 0 aromatic carbocycles. The first-order valence-electron chi connectivity index (χ1n) is 5.77. The van der Waals surface area contributed by atoms with Crippen LogP contribution in [0.15, 0.2) is 10.6 Å². The highest BCUT2D eigenvalue weighted by atomic mass is 16.6. The van der Waals surface area contributed by atoms with Gasteiger partial charge in [0.05, 0.1) is 13.2 Å². The highest BCUT2D eigenvalue weighted by Gasteiger charge is 2.19. The van der Waals surface area contributed by atoms with E-state index in [0.717, 1.165) is 12.8 Å². The van der Waals surface area contributed by atoms with Gasteiger partial charge < -0.3 is 14.6 Å². The average Bonchev–Trinajstić information content (AvgIpc) is 2.74. The van der Waals surface area contributed by atoms with Crippen molar-refractivity contribution in [1.82, 2.24) is 10.5 Å². The normalized spacial score (nSPS) is 11.3. The number of aromatic nitrogens is 1. The Kier molecular flexibility index (Phi) is 4.54. The highest BCUT2D eigenvalue weighted by Crippen LogP contribution is 2.21. The van der Waals surface area contributed by atoms with E-state index in [1.54, 1.807) is 0 Å². The predicted molar refractivity (Wildman–Crippen MR) is 64.1 cm³/mol. The SMILES string of the molecule is CCCC(C)(C)CNC(=O)c1cc(OC)on1. The third-order valence-corrected chi connectivity index (χ3v) is 2.58. The quantitative estimate of drug-likeness (QED) is 0.828. The first-order chi connectivity index (χ1) is 7.98. The molecular formula is C12H20N2O3. The molecule has 0 aliphatic heterocycles. The van der Waals surface area contributed by atoms with Gasteiger partial charge >= 0.3 is 5.95 Å². The molecule has 5 heteroatoms. The van der Waals surface area contributed by atoms with E-state index in [1.165, 1.54) is 13.2 Å². The molecule has 0 radical (unpaired) electrons. The van der Waals surface area contributed by atoms with E-state index in [1.807, 2.05) is 0 Å². The molecule has 5 nitrogen and oxygen atoms in total. The molecule has 0 unspecified atom stereocenters. The Morgan fingerprint density at radius 3 is 2.82 bits per heavy atom. The lowest BCUT2D eigenvalue weighted by Gasteiger charge is -2.23. The second-order valence-corrected chi connectivity index (χ2v) is 4.83. The number of nitrogens with one attached hydrogen (secondary N) is 1. The monoisotopic (exact) mass is 240 g/mol. The van der Waals surface area contributed by atoms with Crippen LogP contribution in [0.5, 0.6) is 5.95 Å². The van der Waals surface area contributed by atoms with Crippen molar-refractivity contribution in [2.75, 3.05) is 13.7 Å². The Morgan fingerprint density at radius 1 is 1.59 bits per heavy atom. The lowest BCUT2D eigenvalue weighted by atomic mass is 9.88. The molecule has 1 amide bonds. The van der Waals surface area contributed by atoms with Crippen LogP contribution in [0.25, 0.3) is 0 Å². The van der Waals surface area contributed by atoms with Crippen molar-refractivity contribution >= 4 is 5.91 Å². The molecular weight excluding hydrogens is 220 g/mol. The van der Waals surface area contributed by atoms with Crippen molar-refractivity contribution < 1.29 is 14.1 Å². The number of carbonyl (C=O) groups excluding carboxylic acids is 1. The van der Waals surface area contributed by atoms with Crippen LogP contribution in [0.4, 0.5) is 0 Å². The number of hydrogen-bond acceptors (Lipinski definition) is 4. The maximum absolute atomic E-state index is 11.7. The number of methoxy groups -OCH3 is 1. The van der Waals surface area contributed by atoms with Gasteiger partial charge in [0.15, 0.2) is 5.69 Å². The number of hydrogen-bond donors (Lipinski definition) is 1. The van der Waals surface area contributed by atoms with E-state index in [9.17, 15) is 4.79 Å². The van der Waals surface area contributed by atoms with Gasteiger partial charge in [-0.15, -0.1) is 0 Å². The summed E-state index contributed by atoms with van der Waals surface area (Å²) in [6, 6.07) is 1.47. The molecule has 96 valence electrons. The molecule has 0 atom stereocenters. The van der Waals surface area contributed by atoms with Crippen LogP contribution in [0.3, 0.4) is 0 Å². The fourth-order valence-electron chi connectivity index (χ4n) is 1.64. The third-order valence-electron chi connectivity index (χ3n) is 2.58. The van der Waals surface area contributed by atoms with Crippen molar-refractivity contribution in [2.45, 2.75) is 33.6 Å². The summed E-state index contributed by atoms with van der Waals surface area (Å²) >= 11 is 0. The highest BCUT2D eigenvalue weighted by molar-refractivity contribution is 5.92. The van der Waals surface area contributed by atoms with Crippen LogP contribution >= 0.6 is 0 Å². The van der Waals surface area contributed by atoms with E-state index in [-0.39, 0.29) is 23.0 Å². The second-order valence-electron chi connectivity index (χ2n) is 4.83. The molecule has 0 saturated heterocycles. The van der Waals surface area contributed by atoms with E-state index in [4.69, 9.17) is 9.26 Å². The summed E-state index contributed by atoms with van der Waals surface area (Å²) in [6.45, 7) is 7.00. The fourth-order valence-corrected chi connectivity index (χ4v) is 1.64. The van der Waals surface area contributed by atoms with Crippen molar-refractivity contribution in [3.63, 3.8) is 0 Å². The fraction of sp³-hybridized carbons (Fsp3) is 0.667. The Bertz CT molecular complexity index is 372. The number of nitrogens with zero attached hydrogens (tertiary/aromatic N) is 1. The van der Waals surface area contributed by atoms with Gasteiger partial charge in [-0.1, -0.05) is 32.3 Å². The maximum atomic E-state index is 11.7. The van der Waals surface area contributed by atoms with Crippen LogP contribution in [0.2, 0.25) is 0 Å². The van der Waals surface area contributed by atoms with Gasteiger partial charge in [0.1, 0.15) is 0 Å². The van der Waals surface area contributed by atoms with Gasteiger partial charge in [0.25, 0.3) is 5.91 Å². The summed E-state index contributed by atoms with van der Waals surface area (Å²) in [5, 5.41) is 6.47. The molecule has 0 spiro atoms. The van der Waals surface area contributed by atoms with E-state index in [0.29, 0.717) is 6.54 Å². The largest absolute Gasteiger partial charge is 0.467 e. The molecule has 0 aliphatic carbocycles. The van der Waals surface area contributed by atoms with Crippen LogP contribution in [0.1, 0.15) is 44.1 Å². The van der Waals surface area contributed by atoms with Crippen LogP contribution < -0.4 is 10.1 Å². The minimum atomic E-state index is -0.235. The summed E-state index contributed by atoms with van der Waals surface area (Å²) in [5.41, 5.74) is 0.340. The molecule has 1 N–H and O–H groups in total. The van der Waals surface area contributed by atoms with E-state index >= 15 is 0 Å². The zero-order valence-corrected chi connectivity index (χ0v) is 10.9. The summed E-state index contributed by atoms with van der Waals surface area (Å²) in [7, 11) is 1.46. The minimum Gasteiger partial charge on any atom is -0.467 e. The average molecular weight is 240 g/mol. The molecule has 1 heterocycles. The topological polar surface area (TPSA) is 64.4 Å². The molecule has 1 rings (SSSR count). The van der Waals surface area contributed by atoms with E-state index in [2.05, 4.69) is 31.2 Å². The number of ether oxygens (including phenoxy) is 1. The van der Waals surface area contributed by atoms with Gasteiger partial charge in [-0.3, -0.25) is 4.79 Å². The van der Waals surface area contributed by atoms with Gasteiger partial charge in [-0.25, -0.2) is 0 Å². The summed E-state index contributed by atoms with van der Waals surface area (Å²) in [4.78, 5) is 11.7. The number of amides is 1. The van der Waals surface area contributed by atoms with Gasteiger partial charge in [0, 0.05) is 6.54 Å². The molecule has 0 fully saturated rings. The summed E-state index contributed by atoms with van der Waals surface area (Å²) in [5.74, 6) is 0.00389. The molecule has 1 aromatic heterocycles. The number of rotatable bonds is 6. The predicted octanol–water partition coefficient (Wildman–Crippen LogP) is 2.24. The third kappa shape index (κ3) is 4.09. The van der Waals surface area contributed by atoms with Gasteiger partial charge in [-0.2, -0.15) is 0 Å². The van der Waals surface area contributed by atoms with E-state index < -0.39 is 0 Å². The molecule has 0 saturated carbocycles. The van der Waals surface area contributed by atoms with Crippen molar-refractivity contribution in [3.05, 3.63) is 11.8 Å². The molecule has 1 aromatic rings. The van der Waals surface area contributed by atoms with Crippen LogP contribution in [0, 0.1) is 5.41 Å². The zero-order valence-electron chi connectivity index (χ0n) is 10.9. The summed E-state index contributed by atoms with van der Waals surface area (Å²) in [6.07, 6.45) is 2.16. The van der Waals surface area contributed by atoms with Gasteiger partial charge in [0.2, 0.25) is 0 Å². The first-order valence-corrected chi connectivity index (χ1v) is 5.77. The second kappa shape index (κ2) is 5.70. The lowest BCUT2D eigenvalue weighted by molar-refractivity contribution is 0.0925. The lowest BCUT2D eigenvalue weighted by Crippen LogP contribution is -2.34. The standard InChI is InChI=1S/C12H20N2O3/c1-5-6-12(2,3)8-13-11(15)9-7-10(16-4)17-14-9/h7H,5-6,8H2,1-4H3,(H,13,15). The Labute approximate surface area is 102 Å². The summed E-state index contributed by atoms with van der Waals surface area (Å²) < 4.78 is 9.60. The Hall–Kier alpha value is -1.52. The van der Waals surface area contributed by atoms with Crippen LogP contribution in [-0.2, 0) is 0 Å². The smallest absolute Gasteiger partial charge is 0.311 e. The van der Waals surface area contributed by atoms with Crippen molar-refractivity contribution in [1.29, 1.82) is 0 Å². The van der Waals surface area contributed by atoms with Crippen molar-refractivity contribution in [3.8, 4) is 5.95 Å². The van der Waals surface area contributed by atoms with Gasteiger partial charge in [-0.05, 0) is 11.8 Å². The Balaban J connectivity index is 2.49. The van der Waals surface area contributed by atoms with Crippen molar-refractivity contribution in [2.24, 2.45) is 5.41 Å². The first kappa shape index (κ1) is 13.5. The number of carbonyl (C=O) groups is 1.